The van der Waals surface area contributed by atoms with Crippen molar-refractivity contribution >= 4 is 11.7 Å². The van der Waals surface area contributed by atoms with E-state index in [0.717, 1.165) is 16.9 Å². The summed E-state index contributed by atoms with van der Waals surface area (Å²) in [5, 5.41) is 9.19. The first-order valence-electron chi connectivity index (χ1n) is 7.15. The SMILES string of the molecule is COC(=O)c1c(N)c(C#N)cn1-c1ccc(-n2ccnc2)cc1C. The zero-order valence-corrected chi connectivity index (χ0v) is 13.2. The van der Waals surface area contributed by atoms with E-state index >= 15 is 0 Å². The Labute approximate surface area is 138 Å². The quantitative estimate of drug-likeness (QED) is 0.746. The number of benzene rings is 1. The number of anilines is 1. The fraction of sp³-hybridized carbons (Fsp3) is 0.118. The van der Waals surface area contributed by atoms with Crippen LogP contribution in [0.5, 0.6) is 0 Å². The molecule has 24 heavy (non-hydrogen) atoms. The van der Waals surface area contributed by atoms with E-state index in [4.69, 9.17) is 10.5 Å². The van der Waals surface area contributed by atoms with E-state index in [0.29, 0.717) is 0 Å². The Morgan fingerprint density at radius 3 is 2.79 bits per heavy atom. The molecule has 0 fully saturated rings. The van der Waals surface area contributed by atoms with Crippen molar-refractivity contribution in [1.82, 2.24) is 14.1 Å². The van der Waals surface area contributed by atoms with Gasteiger partial charge in [-0.3, -0.25) is 0 Å². The van der Waals surface area contributed by atoms with Crippen molar-refractivity contribution in [3.05, 3.63) is 59.9 Å². The van der Waals surface area contributed by atoms with Gasteiger partial charge in [0.1, 0.15) is 6.07 Å². The van der Waals surface area contributed by atoms with Gasteiger partial charge in [0, 0.05) is 30.0 Å². The number of methoxy groups -OCH3 is 1. The van der Waals surface area contributed by atoms with E-state index in [2.05, 4.69) is 4.98 Å². The minimum absolute atomic E-state index is 0.113. The second-order valence-electron chi connectivity index (χ2n) is 5.22. The van der Waals surface area contributed by atoms with Gasteiger partial charge in [0.25, 0.3) is 0 Å². The minimum atomic E-state index is -0.591. The third-order valence-electron chi connectivity index (χ3n) is 3.79. The maximum absolute atomic E-state index is 12.1. The van der Waals surface area contributed by atoms with Gasteiger partial charge in [-0.05, 0) is 30.7 Å². The highest BCUT2D eigenvalue weighted by Gasteiger charge is 2.22. The van der Waals surface area contributed by atoms with Crippen LogP contribution in [0.15, 0.2) is 43.1 Å². The zero-order chi connectivity index (χ0) is 17.3. The lowest BCUT2D eigenvalue weighted by molar-refractivity contribution is 0.0593. The molecule has 0 aliphatic carbocycles. The van der Waals surface area contributed by atoms with Crippen molar-refractivity contribution in [2.75, 3.05) is 12.8 Å². The highest BCUT2D eigenvalue weighted by Crippen LogP contribution is 2.27. The van der Waals surface area contributed by atoms with Gasteiger partial charge in [-0.2, -0.15) is 5.26 Å². The highest BCUT2D eigenvalue weighted by molar-refractivity contribution is 5.96. The average molecular weight is 321 g/mol. The molecule has 2 N–H and O–H groups in total. The molecule has 0 amide bonds. The average Bonchev–Trinajstić information content (AvgIpc) is 3.22. The summed E-state index contributed by atoms with van der Waals surface area (Å²) in [6.45, 7) is 1.92. The van der Waals surface area contributed by atoms with E-state index in [1.807, 2.05) is 42.0 Å². The largest absolute Gasteiger partial charge is 0.464 e. The Morgan fingerprint density at radius 2 is 2.21 bits per heavy atom. The number of esters is 1. The van der Waals surface area contributed by atoms with Crippen LogP contribution in [0.2, 0.25) is 0 Å². The van der Waals surface area contributed by atoms with Gasteiger partial charge < -0.3 is 19.6 Å². The number of nitrogen functional groups attached to an aromatic ring is 1. The molecule has 7 nitrogen and oxygen atoms in total. The molecule has 1 aromatic carbocycles. The second-order valence-corrected chi connectivity index (χ2v) is 5.22. The van der Waals surface area contributed by atoms with Gasteiger partial charge in [-0.25, -0.2) is 9.78 Å². The summed E-state index contributed by atoms with van der Waals surface area (Å²) in [6, 6.07) is 7.71. The van der Waals surface area contributed by atoms with Crippen molar-refractivity contribution in [3.63, 3.8) is 0 Å². The summed E-state index contributed by atoms with van der Waals surface area (Å²) >= 11 is 0. The van der Waals surface area contributed by atoms with Gasteiger partial charge in [-0.15, -0.1) is 0 Å². The van der Waals surface area contributed by atoms with E-state index in [-0.39, 0.29) is 16.9 Å². The molecule has 0 unspecified atom stereocenters. The molecule has 0 aliphatic rings. The number of carbonyl (C=O) groups excluding carboxylic acids is 1. The Kier molecular flexibility index (Phi) is 3.80. The monoisotopic (exact) mass is 321 g/mol. The number of rotatable bonds is 3. The van der Waals surface area contributed by atoms with Crippen LogP contribution in [-0.2, 0) is 4.74 Å². The summed E-state index contributed by atoms with van der Waals surface area (Å²) < 4.78 is 8.27. The molecule has 0 saturated heterocycles. The predicted octanol–water partition coefficient (Wildman–Crippen LogP) is 2.21. The van der Waals surface area contributed by atoms with Crippen LogP contribution in [0.25, 0.3) is 11.4 Å². The van der Waals surface area contributed by atoms with Crippen LogP contribution in [-0.4, -0.2) is 27.2 Å². The number of carbonyl (C=O) groups is 1. The second kappa shape index (κ2) is 5.93. The molecule has 0 spiro atoms. The Balaban J connectivity index is 2.16. The number of aromatic nitrogens is 3. The lowest BCUT2D eigenvalue weighted by Crippen LogP contribution is -2.12. The summed E-state index contributed by atoms with van der Waals surface area (Å²) in [6.07, 6.45) is 6.79. The van der Waals surface area contributed by atoms with Crippen LogP contribution < -0.4 is 5.73 Å². The lowest BCUT2D eigenvalue weighted by Gasteiger charge is -2.13. The van der Waals surface area contributed by atoms with Crippen molar-refractivity contribution in [1.29, 1.82) is 5.26 Å². The van der Waals surface area contributed by atoms with Gasteiger partial charge in [-0.1, -0.05) is 0 Å². The van der Waals surface area contributed by atoms with E-state index in [9.17, 15) is 10.1 Å². The molecule has 7 heteroatoms. The van der Waals surface area contributed by atoms with Crippen LogP contribution >= 0.6 is 0 Å². The van der Waals surface area contributed by atoms with E-state index < -0.39 is 5.97 Å². The molecule has 0 saturated carbocycles. The van der Waals surface area contributed by atoms with Crippen LogP contribution in [0.4, 0.5) is 5.69 Å². The summed E-state index contributed by atoms with van der Waals surface area (Å²) in [5.41, 5.74) is 9.01. The summed E-state index contributed by atoms with van der Waals surface area (Å²) in [4.78, 5) is 16.1. The first kappa shape index (κ1) is 15.4. The molecular weight excluding hydrogens is 306 g/mol. The molecular formula is C17H15N5O2. The van der Waals surface area contributed by atoms with E-state index in [1.165, 1.54) is 7.11 Å². The van der Waals surface area contributed by atoms with Crippen LogP contribution in [0, 0.1) is 18.3 Å². The fourth-order valence-electron chi connectivity index (χ4n) is 2.59. The molecule has 0 radical (unpaired) electrons. The van der Waals surface area contributed by atoms with Gasteiger partial charge in [0.2, 0.25) is 0 Å². The number of imidazole rings is 1. The number of nitrogens with two attached hydrogens (primary N) is 1. The number of aryl methyl sites for hydroxylation is 1. The molecule has 0 aliphatic heterocycles. The number of hydrogen-bond donors (Lipinski definition) is 1. The summed E-state index contributed by atoms with van der Waals surface area (Å²) in [7, 11) is 1.28. The smallest absolute Gasteiger partial charge is 0.357 e. The Hall–Kier alpha value is -3.53. The number of nitrogens with zero attached hydrogens (tertiary/aromatic N) is 4. The normalized spacial score (nSPS) is 10.4. The standard InChI is InChI=1S/C17H15N5O2/c1-11-7-13(21-6-5-20-10-21)3-4-14(11)22-9-12(8-18)15(19)16(22)17(23)24-2/h3-7,9-10H,19H2,1-2H3. The predicted molar refractivity (Wildman–Crippen MR) is 88.1 cm³/mol. The van der Waals surface area contributed by atoms with Gasteiger partial charge >= 0.3 is 5.97 Å². The minimum Gasteiger partial charge on any atom is -0.464 e. The van der Waals surface area contributed by atoms with Gasteiger partial charge in [0.05, 0.1) is 24.7 Å². The number of nitriles is 1. The Morgan fingerprint density at radius 1 is 1.42 bits per heavy atom. The summed E-state index contributed by atoms with van der Waals surface area (Å²) in [5.74, 6) is -0.591. The van der Waals surface area contributed by atoms with E-state index in [1.54, 1.807) is 23.3 Å². The van der Waals surface area contributed by atoms with Crippen molar-refractivity contribution in [3.8, 4) is 17.4 Å². The molecule has 120 valence electrons. The van der Waals surface area contributed by atoms with Crippen molar-refractivity contribution in [2.24, 2.45) is 0 Å². The number of ether oxygens (including phenoxy) is 1. The molecule has 0 bridgehead atoms. The molecule has 3 rings (SSSR count). The highest BCUT2D eigenvalue weighted by atomic mass is 16.5. The first-order chi connectivity index (χ1) is 11.6. The molecule has 2 aromatic heterocycles. The van der Waals surface area contributed by atoms with Gasteiger partial charge in [0.15, 0.2) is 5.69 Å². The third kappa shape index (κ3) is 2.40. The maximum Gasteiger partial charge on any atom is 0.357 e. The van der Waals surface area contributed by atoms with Crippen molar-refractivity contribution < 1.29 is 9.53 Å². The number of hydrogen-bond acceptors (Lipinski definition) is 5. The van der Waals surface area contributed by atoms with Crippen LogP contribution in [0.1, 0.15) is 21.6 Å². The molecule has 0 atom stereocenters. The Bertz CT molecular complexity index is 948. The van der Waals surface area contributed by atoms with Crippen LogP contribution in [0.3, 0.4) is 0 Å². The van der Waals surface area contributed by atoms with Crippen molar-refractivity contribution in [2.45, 2.75) is 6.92 Å². The molecule has 2 heterocycles. The third-order valence-corrected chi connectivity index (χ3v) is 3.79. The topological polar surface area (TPSA) is 98.9 Å². The lowest BCUT2D eigenvalue weighted by atomic mass is 10.1. The zero-order valence-electron chi connectivity index (χ0n) is 13.2. The maximum atomic E-state index is 12.1. The fourth-order valence-corrected chi connectivity index (χ4v) is 2.59. The molecule has 3 aromatic rings. The first-order valence-corrected chi connectivity index (χ1v) is 7.15.